The molecular formula is C11H15N3O. The lowest BCUT2D eigenvalue weighted by molar-refractivity contribution is 0.286. The van der Waals surface area contributed by atoms with Crippen molar-refractivity contribution < 1.29 is 5.11 Å². The first-order valence-corrected chi connectivity index (χ1v) is 5.14. The summed E-state index contributed by atoms with van der Waals surface area (Å²) in [5, 5.41) is 13.1. The number of nitrogens with zero attached hydrogens (tertiary/aromatic N) is 1. The molecule has 4 nitrogen and oxygen atoms in total. The number of hydrogen-bond acceptors (Lipinski definition) is 3. The smallest absolute Gasteiger partial charge is 0.137 e. The quantitative estimate of drug-likeness (QED) is 0.639. The Morgan fingerprint density at radius 1 is 1.47 bits per heavy atom. The lowest BCUT2D eigenvalue weighted by Crippen LogP contribution is -2.15. The van der Waals surface area contributed by atoms with E-state index in [0.29, 0.717) is 0 Å². The Labute approximate surface area is 88.3 Å². The number of aliphatic hydroxyl groups is 1. The molecule has 15 heavy (non-hydrogen) atoms. The van der Waals surface area contributed by atoms with Gasteiger partial charge in [-0.1, -0.05) is 0 Å². The van der Waals surface area contributed by atoms with Crippen LogP contribution in [-0.2, 0) is 6.54 Å². The Kier molecular flexibility index (Phi) is 3.32. The summed E-state index contributed by atoms with van der Waals surface area (Å²) in [6.07, 6.45) is 4.55. The topological polar surface area (TPSA) is 60.9 Å². The minimum Gasteiger partial charge on any atom is -0.396 e. The van der Waals surface area contributed by atoms with Crippen LogP contribution < -0.4 is 5.32 Å². The average molecular weight is 205 g/mol. The Hall–Kier alpha value is -1.39. The third kappa shape index (κ3) is 2.34. The van der Waals surface area contributed by atoms with Crippen LogP contribution in [0, 0.1) is 0 Å². The maximum atomic E-state index is 8.64. The van der Waals surface area contributed by atoms with E-state index in [9.17, 15) is 0 Å². The molecule has 0 aliphatic heterocycles. The first-order valence-electron chi connectivity index (χ1n) is 5.14. The van der Waals surface area contributed by atoms with E-state index in [1.807, 2.05) is 12.3 Å². The number of nitrogens with one attached hydrogen (secondary N) is 2. The van der Waals surface area contributed by atoms with Gasteiger partial charge in [-0.2, -0.15) is 0 Å². The van der Waals surface area contributed by atoms with Gasteiger partial charge in [-0.15, -0.1) is 0 Å². The first-order chi connectivity index (χ1) is 7.42. The van der Waals surface area contributed by atoms with Crippen molar-refractivity contribution in [3.63, 3.8) is 0 Å². The van der Waals surface area contributed by atoms with Crippen LogP contribution in [0.15, 0.2) is 24.5 Å². The summed E-state index contributed by atoms with van der Waals surface area (Å²) in [5.41, 5.74) is 2.15. The molecule has 0 fully saturated rings. The van der Waals surface area contributed by atoms with Gasteiger partial charge in [-0.05, 0) is 30.7 Å². The second kappa shape index (κ2) is 4.91. The molecule has 80 valence electrons. The summed E-state index contributed by atoms with van der Waals surface area (Å²) in [5.74, 6) is 0. The second-order valence-corrected chi connectivity index (χ2v) is 3.47. The van der Waals surface area contributed by atoms with Gasteiger partial charge in [0.1, 0.15) is 5.65 Å². The number of fused-ring (bicyclic) bond motifs is 1. The zero-order chi connectivity index (χ0) is 10.5. The minimum absolute atomic E-state index is 0.239. The van der Waals surface area contributed by atoms with E-state index in [4.69, 9.17) is 5.11 Å². The Morgan fingerprint density at radius 2 is 2.40 bits per heavy atom. The molecule has 0 bridgehead atoms. The zero-order valence-electron chi connectivity index (χ0n) is 8.53. The molecule has 2 rings (SSSR count). The van der Waals surface area contributed by atoms with Crippen molar-refractivity contribution in [2.24, 2.45) is 0 Å². The van der Waals surface area contributed by atoms with Gasteiger partial charge in [-0.3, -0.25) is 0 Å². The summed E-state index contributed by atoms with van der Waals surface area (Å²) in [6.45, 7) is 1.89. The Balaban J connectivity index is 2.02. The number of H-pyrrole nitrogens is 1. The number of aliphatic hydroxyl groups excluding tert-OH is 1. The highest BCUT2D eigenvalue weighted by Gasteiger charge is 2.02. The van der Waals surface area contributed by atoms with Crippen LogP contribution >= 0.6 is 0 Å². The summed E-state index contributed by atoms with van der Waals surface area (Å²) in [7, 11) is 0. The zero-order valence-corrected chi connectivity index (χ0v) is 8.53. The molecule has 0 amide bonds. The van der Waals surface area contributed by atoms with Crippen LogP contribution in [0.2, 0.25) is 0 Å². The molecule has 3 N–H and O–H groups in total. The van der Waals surface area contributed by atoms with Gasteiger partial charge in [0.15, 0.2) is 0 Å². The molecule has 0 atom stereocenters. The maximum absolute atomic E-state index is 8.64. The van der Waals surface area contributed by atoms with Crippen molar-refractivity contribution >= 4 is 11.0 Å². The van der Waals surface area contributed by atoms with Gasteiger partial charge in [0, 0.05) is 30.9 Å². The van der Waals surface area contributed by atoms with Gasteiger partial charge in [-0.25, -0.2) is 4.98 Å². The minimum atomic E-state index is 0.239. The molecule has 2 heterocycles. The maximum Gasteiger partial charge on any atom is 0.137 e. The largest absolute Gasteiger partial charge is 0.396 e. The highest BCUT2D eigenvalue weighted by molar-refractivity contribution is 5.79. The molecule has 0 saturated heterocycles. The Morgan fingerprint density at radius 3 is 3.27 bits per heavy atom. The fraction of sp³-hybridized carbons (Fsp3) is 0.364. The highest BCUT2D eigenvalue weighted by atomic mass is 16.3. The van der Waals surface area contributed by atoms with Crippen LogP contribution in [0.1, 0.15) is 12.0 Å². The van der Waals surface area contributed by atoms with Gasteiger partial charge in [0.05, 0.1) is 0 Å². The lowest BCUT2D eigenvalue weighted by atomic mass is 10.2. The third-order valence-corrected chi connectivity index (χ3v) is 2.36. The number of aromatic amines is 1. The number of rotatable bonds is 5. The van der Waals surface area contributed by atoms with E-state index in [-0.39, 0.29) is 6.61 Å². The van der Waals surface area contributed by atoms with Gasteiger partial charge in [0.2, 0.25) is 0 Å². The second-order valence-electron chi connectivity index (χ2n) is 3.47. The standard InChI is InChI=1S/C11H15N3O/c15-6-2-4-12-7-9-8-14-11-10(9)3-1-5-13-11/h1,3,5,8,12,15H,2,4,6-7H2,(H,13,14). The molecule has 0 radical (unpaired) electrons. The first kappa shape index (κ1) is 10.1. The van der Waals surface area contributed by atoms with E-state index in [2.05, 4.69) is 21.4 Å². The average Bonchev–Trinajstić information content (AvgIpc) is 2.68. The van der Waals surface area contributed by atoms with Crippen molar-refractivity contribution in [1.29, 1.82) is 0 Å². The number of pyridine rings is 1. The SMILES string of the molecule is OCCCNCc1c[nH]c2ncccc12. The molecule has 0 aliphatic carbocycles. The fourth-order valence-electron chi connectivity index (χ4n) is 1.59. The summed E-state index contributed by atoms with van der Waals surface area (Å²) in [6, 6.07) is 4.00. The molecule has 0 unspecified atom stereocenters. The molecular weight excluding hydrogens is 190 g/mol. The van der Waals surface area contributed by atoms with E-state index in [0.717, 1.165) is 30.5 Å². The number of aromatic nitrogens is 2. The molecule has 0 saturated carbocycles. The predicted molar refractivity (Wildman–Crippen MR) is 59.5 cm³/mol. The van der Waals surface area contributed by atoms with Gasteiger partial charge < -0.3 is 15.4 Å². The van der Waals surface area contributed by atoms with Gasteiger partial charge in [0.25, 0.3) is 0 Å². The van der Waals surface area contributed by atoms with Crippen LogP contribution in [-0.4, -0.2) is 28.2 Å². The lowest BCUT2D eigenvalue weighted by Gasteiger charge is -2.01. The monoisotopic (exact) mass is 205 g/mol. The van der Waals surface area contributed by atoms with E-state index in [1.165, 1.54) is 5.56 Å². The van der Waals surface area contributed by atoms with Crippen molar-refractivity contribution in [3.05, 3.63) is 30.1 Å². The molecule has 2 aromatic heterocycles. The van der Waals surface area contributed by atoms with Crippen LogP contribution in [0.25, 0.3) is 11.0 Å². The molecule has 0 aromatic carbocycles. The fourth-order valence-corrected chi connectivity index (χ4v) is 1.59. The van der Waals surface area contributed by atoms with Crippen LogP contribution in [0.4, 0.5) is 0 Å². The van der Waals surface area contributed by atoms with Crippen molar-refractivity contribution in [1.82, 2.24) is 15.3 Å². The van der Waals surface area contributed by atoms with Crippen LogP contribution in [0.3, 0.4) is 0 Å². The van der Waals surface area contributed by atoms with Crippen LogP contribution in [0.5, 0.6) is 0 Å². The molecule has 0 aliphatic rings. The summed E-state index contributed by atoms with van der Waals surface area (Å²) in [4.78, 5) is 7.35. The third-order valence-electron chi connectivity index (χ3n) is 2.36. The van der Waals surface area contributed by atoms with Crippen molar-refractivity contribution in [2.45, 2.75) is 13.0 Å². The predicted octanol–water partition coefficient (Wildman–Crippen LogP) is 1.03. The summed E-state index contributed by atoms with van der Waals surface area (Å²) >= 11 is 0. The van der Waals surface area contributed by atoms with Gasteiger partial charge >= 0.3 is 0 Å². The number of hydrogen-bond donors (Lipinski definition) is 3. The molecule has 0 spiro atoms. The normalized spacial score (nSPS) is 11.0. The molecule has 2 aromatic rings. The van der Waals surface area contributed by atoms with E-state index >= 15 is 0 Å². The Bertz CT molecular complexity index is 424. The summed E-state index contributed by atoms with van der Waals surface area (Å²) < 4.78 is 0. The highest BCUT2D eigenvalue weighted by Crippen LogP contribution is 2.14. The van der Waals surface area contributed by atoms with E-state index in [1.54, 1.807) is 6.20 Å². The van der Waals surface area contributed by atoms with E-state index < -0.39 is 0 Å². The van der Waals surface area contributed by atoms with Crippen molar-refractivity contribution in [2.75, 3.05) is 13.2 Å². The van der Waals surface area contributed by atoms with Crippen molar-refractivity contribution in [3.8, 4) is 0 Å². The molecule has 4 heteroatoms.